The monoisotopic (exact) mass is 359 g/mol. The number of rotatable bonds is 3. The summed E-state index contributed by atoms with van der Waals surface area (Å²) in [6.07, 6.45) is 0.151. The van der Waals surface area contributed by atoms with E-state index in [4.69, 9.17) is 0 Å². The van der Waals surface area contributed by atoms with Crippen LogP contribution in [-0.2, 0) is 9.59 Å². The van der Waals surface area contributed by atoms with Gasteiger partial charge in [0.1, 0.15) is 0 Å². The minimum Gasteiger partial charge on any atom is -0.353 e. The maximum atomic E-state index is 11.8. The zero-order valence-electron chi connectivity index (χ0n) is 9.70. The number of carbonyl (C=O) groups excluding carboxylic acids is 2. The van der Waals surface area contributed by atoms with Crippen molar-refractivity contribution in [1.82, 2.24) is 10.6 Å². The van der Waals surface area contributed by atoms with Gasteiger partial charge in [0.2, 0.25) is 11.8 Å². The van der Waals surface area contributed by atoms with Crippen molar-refractivity contribution in [2.45, 2.75) is 12.5 Å². The van der Waals surface area contributed by atoms with Crippen molar-refractivity contribution in [2.75, 3.05) is 18.4 Å². The molecule has 0 radical (unpaired) electrons. The Morgan fingerprint density at radius 2 is 2.06 bits per heavy atom. The van der Waals surface area contributed by atoms with E-state index in [9.17, 15) is 9.59 Å². The fourth-order valence-electron chi connectivity index (χ4n) is 1.74. The number of piperazine rings is 1. The quantitative estimate of drug-likeness (QED) is 0.697. The van der Waals surface area contributed by atoms with E-state index < -0.39 is 6.04 Å². The second kappa shape index (κ2) is 6.14. The molecule has 0 saturated carbocycles. The number of benzene rings is 1. The SMILES string of the molecule is O=C(C[C@@H]1NCCNC1=O)Nc1ccc(I)cc1. The van der Waals surface area contributed by atoms with Crippen molar-refractivity contribution >= 4 is 40.1 Å². The highest BCUT2D eigenvalue weighted by molar-refractivity contribution is 14.1. The molecule has 96 valence electrons. The second-order valence-corrected chi connectivity index (χ2v) is 5.30. The fourth-order valence-corrected chi connectivity index (χ4v) is 2.10. The van der Waals surface area contributed by atoms with Gasteiger partial charge < -0.3 is 16.0 Å². The Kier molecular flexibility index (Phi) is 4.54. The molecular weight excluding hydrogens is 345 g/mol. The van der Waals surface area contributed by atoms with Crippen molar-refractivity contribution in [3.05, 3.63) is 27.8 Å². The average molecular weight is 359 g/mol. The molecular formula is C12H14IN3O2. The van der Waals surface area contributed by atoms with Crippen molar-refractivity contribution in [3.8, 4) is 0 Å². The van der Waals surface area contributed by atoms with Crippen LogP contribution in [0.25, 0.3) is 0 Å². The van der Waals surface area contributed by atoms with Crippen LogP contribution in [0.2, 0.25) is 0 Å². The van der Waals surface area contributed by atoms with Gasteiger partial charge >= 0.3 is 0 Å². The predicted octanol–water partition coefficient (Wildman–Crippen LogP) is 0.708. The van der Waals surface area contributed by atoms with Crippen LogP contribution in [0.3, 0.4) is 0 Å². The van der Waals surface area contributed by atoms with Gasteiger partial charge in [0.15, 0.2) is 0 Å². The minimum absolute atomic E-state index is 0.112. The third-order valence-electron chi connectivity index (χ3n) is 2.65. The molecule has 1 fully saturated rings. The molecule has 0 bridgehead atoms. The van der Waals surface area contributed by atoms with Gasteiger partial charge in [-0.1, -0.05) is 0 Å². The molecule has 1 aromatic carbocycles. The first-order valence-electron chi connectivity index (χ1n) is 5.71. The van der Waals surface area contributed by atoms with E-state index in [2.05, 4.69) is 38.5 Å². The van der Waals surface area contributed by atoms with Gasteiger partial charge in [0, 0.05) is 22.3 Å². The van der Waals surface area contributed by atoms with E-state index >= 15 is 0 Å². The summed E-state index contributed by atoms with van der Waals surface area (Å²) in [6.45, 7) is 1.32. The van der Waals surface area contributed by atoms with Crippen molar-refractivity contribution in [1.29, 1.82) is 0 Å². The second-order valence-electron chi connectivity index (χ2n) is 4.06. The van der Waals surface area contributed by atoms with Gasteiger partial charge in [-0.3, -0.25) is 9.59 Å². The molecule has 1 heterocycles. The lowest BCUT2D eigenvalue weighted by Gasteiger charge is -2.22. The maximum absolute atomic E-state index is 11.8. The fraction of sp³-hybridized carbons (Fsp3) is 0.333. The zero-order chi connectivity index (χ0) is 13.0. The van der Waals surface area contributed by atoms with Crippen LogP contribution in [0, 0.1) is 3.57 Å². The molecule has 0 unspecified atom stereocenters. The molecule has 1 atom stereocenters. The Labute approximate surface area is 119 Å². The highest BCUT2D eigenvalue weighted by atomic mass is 127. The van der Waals surface area contributed by atoms with Crippen molar-refractivity contribution in [3.63, 3.8) is 0 Å². The topological polar surface area (TPSA) is 70.2 Å². The Hall–Kier alpha value is -1.15. The smallest absolute Gasteiger partial charge is 0.237 e. The standard InChI is InChI=1S/C12H14IN3O2/c13-8-1-3-9(4-2-8)16-11(17)7-10-12(18)15-6-5-14-10/h1-4,10,14H,5-7H2,(H,15,18)(H,16,17)/t10-/m0/s1. The lowest BCUT2D eigenvalue weighted by molar-refractivity contribution is -0.127. The third-order valence-corrected chi connectivity index (χ3v) is 3.37. The Morgan fingerprint density at radius 1 is 1.33 bits per heavy atom. The van der Waals surface area contributed by atoms with Crippen LogP contribution < -0.4 is 16.0 Å². The van der Waals surface area contributed by atoms with Gasteiger partial charge in [-0.25, -0.2) is 0 Å². The molecule has 0 aromatic heterocycles. The molecule has 0 spiro atoms. The number of amides is 2. The van der Waals surface area contributed by atoms with Crippen LogP contribution in [0.4, 0.5) is 5.69 Å². The molecule has 5 nitrogen and oxygen atoms in total. The van der Waals surface area contributed by atoms with E-state index in [1.807, 2.05) is 24.3 Å². The number of nitrogens with one attached hydrogen (secondary N) is 3. The summed E-state index contributed by atoms with van der Waals surface area (Å²) in [4.78, 5) is 23.3. The van der Waals surface area contributed by atoms with Gasteiger partial charge in [0.25, 0.3) is 0 Å². The van der Waals surface area contributed by atoms with Crippen LogP contribution in [0.15, 0.2) is 24.3 Å². The van der Waals surface area contributed by atoms with Crippen LogP contribution >= 0.6 is 22.6 Å². The van der Waals surface area contributed by atoms with Crippen molar-refractivity contribution < 1.29 is 9.59 Å². The first-order chi connectivity index (χ1) is 8.65. The van der Waals surface area contributed by atoms with E-state index in [1.54, 1.807) is 0 Å². The minimum atomic E-state index is -0.428. The lowest BCUT2D eigenvalue weighted by atomic mass is 10.1. The molecule has 2 amide bonds. The number of carbonyl (C=O) groups is 2. The first kappa shape index (κ1) is 13.3. The van der Waals surface area contributed by atoms with Crippen LogP contribution in [0.5, 0.6) is 0 Å². The zero-order valence-corrected chi connectivity index (χ0v) is 11.9. The number of hydrogen-bond donors (Lipinski definition) is 3. The molecule has 1 saturated heterocycles. The number of halogens is 1. The molecule has 6 heteroatoms. The van der Waals surface area contributed by atoms with E-state index in [-0.39, 0.29) is 18.2 Å². The molecule has 1 aliphatic rings. The first-order valence-corrected chi connectivity index (χ1v) is 6.79. The summed E-state index contributed by atoms with van der Waals surface area (Å²) < 4.78 is 1.11. The summed E-state index contributed by atoms with van der Waals surface area (Å²) >= 11 is 2.20. The molecule has 2 rings (SSSR count). The van der Waals surface area contributed by atoms with Crippen LogP contribution in [0.1, 0.15) is 6.42 Å². The highest BCUT2D eigenvalue weighted by Crippen LogP contribution is 2.11. The molecule has 18 heavy (non-hydrogen) atoms. The lowest BCUT2D eigenvalue weighted by Crippen LogP contribution is -2.53. The Balaban J connectivity index is 1.88. The molecule has 3 N–H and O–H groups in total. The van der Waals surface area contributed by atoms with Crippen molar-refractivity contribution in [2.24, 2.45) is 0 Å². The van der Waals surface area contributed by atoms with E-state index in [0.717, 1.165) is 9.26 Å². The van der Waals surface area contributed by atoms with E-state index in [0.29, 0.717) is 13.1 Å². The number of anilines is 1. The molecule has 1 aromatic rings. The third kappa shape index (κ3) is 3.67. The summed E-state index contributed by atoms with van der Waals surface area (Å²) in [5, 5.41) is 8.52. The summed E-state index contributed by atoms with van der Waals surface area (Å²) in [5.74, 6) is -0.273. The number of hydrogen-bond acceptors (Lipinski definition) is 3. The van der Waals surface area contributed by atoms with Gasteiger partial charge in [-0.2, -0.15) is 0 Å². The summed E-state index contributed by atoms with van der Waals surface area (Å²) in [7, 11) is 0. The largest absolute Gasteiger partial charge is 0.353 e. The average Bonchev–Trinajstić information content (AvgIpc) is 2.35. The Bertz CT molecular complexity index is 447. The normalized spacial score (nSPS) is 19.2. The summed E-state index contributed by atoms with van der Waals surface area (Å²) in [6, 6.07) is 7.09. The van der Waals surface area contributed by atoms with Gasteiger partial charge in [-0.15, -0.1) is 0 Å². The highest BCUT2D eigenvalue weighted by Gasteiger charge is 2.23. The van der Waals surface area contributed by atoms with Gasteiger partial charge in [0.05, 0.1) is 12.5 Å². The van der Waals surface area contributed by atoms with E-state index in [1.165, 1.54) is 0 Å². The molecule has 0 aliphatic carbocycles. The summed E-state index contributed by atoms with van der Waals surface area (Å²) in [5.41, 5.74) is 0.747. The maximum Gasteiger partial charge on any atom is 0.237 e. The van der Waals surface area contributed by atoms with Gasteiger partial charge in [-0.05, 0) is 46.9 Å². The molecule has 1 aliphatic heterocycles. The van der Waals surface area contributed by atoms with Crippen LogP contribution in [-0.4, -0.2) is 30.9 Å². The Morgan fingerprint density at radius 3 is 2.72 bits per heavy atom. The predicted molar refractivity (Wildman–Crippen MR) is 77.2 cm³/mol.